The summed E-state index contributed by atoms with van der Waals surface area (Å²) in [4.78, 5) is 87.4. The van der Waals surface area contributed by atoms with Crippen LogP contribution in [-0.2, 0) is 26.2 Å². The van der Waals surface area contributed by atoms with Gasteiger partial charge >= 0.3 is 0 Å². The molecule has 5 amide bonds. The van der Waals surface area contributed by atoms with Crippen molar-refractivity contribution < 1.29 is 28.8 Å². The van der Waals surface area contributed by atoms with Crippen molar-refractivity contribution in [1.29, 1.82) is 5.26 Å². The first kappa shape index (κ1) is 35.3. The molecule has 274 valence electrons. The first-order valence-corrected chi connectivity index (χ1v) is 19.2. The Morgan fingerprint density at radius 3 is 2.46 bits per heavy atom. The number of nitrogens with one attached hydrogen (secondary N) is 2. The molecule has 13 heteroatoms. The number of aromatic amines is 1. The first-order valence-electron chi connectivity index (χ1n) is 18.2. The molecule has 1 unspecified atom stereocenters. The van der Waals surface area contributed by atoms with Gasteiger partial charge in [0.1, 0.15) is 6.04 Å². The van der Waals surface area contributed by atoms with Crippen LogP contribution in [0.5, 0.6) is 0 Å². The third-order valence-electron chi connectivity index (χ3n) is 11.3. The lowest BCUT2D eigenvalue weighted by molar-refractivity contribution is -0.136. The quantitative estimate of drug-likeness (QED) is 0.202. The van der Waals surface area contributed by atoms with E-state index in [9.17, 15) is 34.0 Å². The average Bonchev–Trinajstić information content (AvgIpc) is 3.69. The number of carbonyl (C=O) groups is 6. The van der Waals surface area contributed by atoms with Gasteiger partial charge in [0.2, 0.25) is 17.7 Å². The summed E-state index contributed by atoms with van der Waals surface area (Å²) in [7, 11) is 0. The fourth-order valence-electron chi connectivity index (χ4n) is 8.36. The number of aryl methyl sites for hydroxylation is 1. The van der Waals surface area contributed by atoms with Crippen LogP contribution in [0.25, 0.3) is 10.9 Å². The van der Waals surface area contributed by atoms with E-state index < -0.39 is 35.1 Å². The Hall–Kier alpha value is -5.74. The van der Waals surface area contributed by atoms with Crippen LogP contribution in [0.15, 0.2) is 53.4 Å². The van der Waals surface area contributed by atoms with Crippen LogP contribution in [0.2, 0.25) is 0 Å². The molecule has 54 heavy (non-hydrogen) atoms. The number of anilines is 1. The lowest BCUT2D eigenvalue weighted by Gasteiger charge is -2.39. The summed E-state index contributed by atoms with van der Waals surface area (Å²) in [5.74, 6) is -1.82. The maximum atomic E-state index is 14.1. The highest BCUT2D eigenvalue weighted by Crippen LogP contribution is 2.46. The number of piperazine rings is 1. The van der Waals surface area contributed by atoms with E-state index in [4.69, 9.17) is 0 Å². The fraction of sp³-hybridized carbons (Fsp3) is 0.341. The molecule has 4 aromatic rings. The molecule has 2 N–H and O–H groups in total. The second kappa shape index (κ2) is 13.3. The molecule has 1 atom stereocenters. The summed E-state index contributed by atoms with van der Waals surface area (Å²) in [5, 5.41) is 12.5. The van der Waals surface area contributed by atoms with Crippen LogP contribution >= 0.6 is 11.8 Å². The largest absolute Gasteiger partial charge is 0.368 e. The smallest absolute Gasteiger partial charge is 0.263 e. The second-order valence-electron chi connectivity index (χ2n) is 14.7. The summed E-state index contributed by atoms with van der Waals surface area (Å²) >= 11 is 1.33. The lowest BCUT2D eigenvalue weighted by atomic mass is 9.70. The van der Waals surface area contributed by atoms with Gasteiger partial charge in [-0.25, -0.2) is 0 Å². The number of benzene rings is 3. The molecular weight excluding hydrogens is 705 g/mol. The van der Waals surface area contributed by atoms with Gasteiger partial charge in [-0.3, -0.25) is 39.0 Å². The van der Waals surface area contributed by atoms with Crippen LogP contribution in [0.3, 0.4) is 0 Å². The summed E-state index contributed by atoms with van der Waals surface area (Å²) in [6.07, 6.45) is 1.11. The van der Waals surface area contributed by atoms with Gasteiger partial charge in [0, 0.05) is 82.9 Å². The molecule has 4 heterocycles. The SMILES string of the molecule is CCc1cc2c(cc1N1CCN(C(=O)CCSc3cccc4c3C(=O)N(C3CCC(=O)NC3=O)C4=O)CC1)C(C)(C)c1[nH]c3cc(C#N)ccc3c1C2=O. The first-order chi connectivity index (χ1) is 25.9. The van der Waals surface area contributed by atoms with Gasteiger partial charge in [0.15, 0.2) is 5.78 Å². The minimum absolute atomic E-state index is 0.00100. The number of nitrogens with zero attached hydrogens (tertiary/aromatic N) is 4. The molecule has 4 aliphatic rings. The molecule has 2 fully saturated rings. The van der Waals surface area contributed by atoms with Crippen LogP contribution in [-0.4, -0.2) is 88.1 Å². The third-order valence-corrected chi connectivity index (χ3v) is 12.3. The zero-order valence-corrected chi connectivity index (χ0v) is 31.0. The molecule has 1 aromatic heterocycles. The number of fused-ring (bicyclic) bond motifs is 5. The summed E-state index contributed by atoms with van der Waals surface area (Å²) in [6.45, 7) is 8.65. The van der Waals surface area contributed by atoms with Gasteiger partial charge in [-0.15, -0.1) is 11.8 Å². The number of hydrogen-bond acceptors (Lipinski definition) is 9. The van der Waals surface area contributed by atoms with Crippen molar-refractivity contribution in [2.24, 2.45) is 0 Å². The van der Waals surface area contributed by atoms with E-state index in [-0.39, 0.29) is 42.1 Å². The zero-order chi connectivity index (χ0) is 38.1. The van der Waals surface area contributed by atoms with Crippen molar-refractivity contribution in [2.45, 2.75) is 62.8 Å². The highest BCUT2D eigenvalue weighted by atomic mass is 32.2. The molecule has 1 aliphatic carbocycles. The van der Waals surface area contributed by atoms with Crippen LogP contribution < -0.4 is 10.2 Å². The van der Waals surface area contributed by atoms with Crippen LogP contribution in [0.4, 0.5) is 5.69 Å². The van der Waals surface area contributed by atoms with Gasteiger partial charge in [0.05, 0.1) is 28.3 Å². The van der Waals surface area contributed by atoms with Gasteiger partial charge in [-0.05, 0) is 60.4 Å². The summed E-state index contributed by atoms with van der Waals surface area (Å²) < 4.78 is 0. The Balaban J connectivity index is 0.933. The van der Waals surface area contributed by atoms with Gasteiger partial charge in [0.25, 0.3) is 11.8 Å². The van der Waals surface area contributed by atoms with Gasteiger partial charge < -0.3 is 14.8 Å². The monoisotopic (exact) mass is 742 g/mol. The number of rotatable bonds is 7. The Labute approximate surface area is 315 Å². The maximum Gasteiger partial charge on any atom is 0.263 e. The molecular formula is C41H38N6O6S. The van der Waals surface area contributed by atoms with Crippen LogP contribution in [0.1, 0.15) is 99.1 Å². The van der Waals surface area contributed by atoms with E-state index in [0.29, 0.717) is 53.5 Å². The number of H-pyrrole nitrogens is 1. The Kier molecular flexibility index (Phi) is 8.68. The molecule has 0 radical (unpaired) electrons. The van der Waals surface area contributed by atoms with Crippen molar-refractivity contribution in [3.63, 3.8) is 0 Å². The summed E-state index contributed by atoms with van der Waals surface area (Å²) in [6, 6.07) is 15.7. The molecule has 2 saturated heterocycles. The number of carbonyl (C=O) groups excluding carboxylic acids is 6. The van der Waals surface area contributed by atoms with Crippen molar-refractivity contribution in [1.82, 2.24) is 20.1 Å². The molecule has 0 saturated carbocycles. The minimum atomic E-state index is -1.04. The number of nitriles is 1. The standard InChI is InChI=1S/C41H38N6O6S/c1-4-23-19-26-27(41(2,3)37-35(36(26)50)24-9-8-22(21-42)18-28(24)43-37)20-30(23)45-13-15-46(16-14-45)33(49)12-17-54-31-7-5-6-25-34(31)40(53)47(39(25)52)29-10-11-32(48)44-38(29)51/h5-9,18-20,29,43H,4,10-17H2,1-3H3,(H,44,48,51). The highest BCUT2D eigenvalue weighted by molar-refractivity contribution is 7.99. The van der Waals surface area contributed by atoms with Crippen molar-refractivity contribution in [2.75, 3.05) is 36.8 Å². The average molecular weight is 743 g/mol. The number of hydrogen-bond donors (Lipinski definition) is 2. The predicted octanol–water partition coefficient (Wildman–Crippen LogP) is 4.70. The predicted molar refractivity (Wildman–Crippen MR) is 202 cm³/mol. The van der Waals surface area contributed by atoms with Crippen LogP contribution in [0, 0.1) is 11.3 Å². The number of imide groups is 2. The Morgan fingerprint density at radius 2 is 1.74 bits per heavy atom. The van der Waals surface area contributed by atoms with Crippen molar-refractivity contribution >= 4 is 63.7 Å². The Morgan fingerprint density at radius 1 is 0.963 bits per heavy atom. The normalized spacial score (nSPS) is 19.1. The minimum Gasteiger partial charge on any atom is -0.368 e. The van der Waals surface area contributed by atoms with E-state index in [2.05, 4.69) is 48.1 Å². The van der Waals surface area contributed by atoms with Crippen molar-refractivity contribution in [3.8, 4) is 6.07 Å². The highest BCUT2D eigenvalue weighted by Gasteiger charge is 2.46. The zero-order valence-electron chi connectivity index (χ0n) is 30.2. The molecule has 3 aliphatic heterocycles. The third kappa shape index (κ3) is 5.58. The second-order valence-corrected chi connectivity index (χ2v) is 15.8. The number of aromatic nitrogens is 1. The van der Waals surface area contributed by atoms with E-state index in [1.807, 2.05) is 17.0 Å². The number of ketones is 1. The molecule has 12 nitrogen and oxygen atoms in total. The van der Waals surface area contributed by atoms with E-state index in [1.54, 1.807) is 30.3 Å². The maximum absolute atomic E-state index is 14.1. The molecule has 0 bridgehead atoms. The lowest BCUT2D eigenvalue weighted by Crippen LogP contribution is -2.54. The van der Waals surface area contributed by atoms with Crippen molar-refractivity contribution in [3.05, 3.63) is 93.2 Å². The summed E-state index contributed by atoms with van der Waals surface area (Å²) in [5.41, 5.74) is 6.55. The van der Waals surface area contributed by atoms with E-state index in [0.717, 1.165) is 44.7 Å². The number of amides is 5. The van der Waals surface area contributed by atoms with Gasteiger partial charge in [-0.2, -0.15) is 5.26 Å². The number of thioether (sulfide) groups is 1. The molecule has 8 rings (SSSR count). The van der Waals surface area contributed by atoms with E-state index >= 15 is 0 Å². The van der Waals surface area contributed by atoms with E-state index in [1.165, 1.54) is 11.8 Å². The molecule has 3 aromatic carbocycles. The topological polar surface area (TPSA) is 164 Å². The Bertz CT molecular complexity index is 2380. The molecule has 0 spiro atoms. The number of piperidine rings is 1. The van der Waals surface area contributed by atoms with Gasteiger partial charge in [-0.1, -0.05) is 32.9 Å². The fourth-order valence-corrected chi connectivity index (χ4v) is 9.38.